The number of hydrogen-bond acceptors (Lipinski definition) is 5. The number of anilines is 1. The van der Waals surface area contributed by atoms with Gasteiger partial charge in [0.1, 0.15) is 11.2 Å². The van der Waals surface area contributed by atoms with Gasteiger partial charge in [0, 0.05) is 6.54 Å². The van der Waals surface area contributed by atoms with Crippen LogP contribution in [0, 0.1) is 0 Å². The van der Waals surface area contributed by atoms with Crippen LogP contribution in [0.2, 0.25) is 0 Å². The molecule has 0 aromatic carbocycles. The van der Waals surface area contributed by atoms with E-state index in [1.54, 1.807) is 12.1 Å². The predicted octanol–water partition coefficient (Wildman–Crippen LogP) is -0.522. The van der Waals surface area contributed by atoms with Crippen LogP contribution in [0.1, 0.15) is 23.3 Å². The molecule has 3 rings (SSSR count). The first-order chi connectivity index (χ1) is 10.00. The van der Waals surface area contributed by atoms with Gasteiger partial charge < -0.3 is 16.0 Å². The first kappa shape index (κ1) is 13.3. The molecule has 8 heteroatoms. The molecule has 1 aromatic heterocycles. The molecule has 8 nitrogen and oxygen atoms in total. The number of nitrogen functional groups attached to an aromatic ring is 1. The number of amides is 4. The molecular formula is C13H15N5O3. The number of pyridine rings is 1. The van der Waals surface area contributed by atoms with Gasteiger partial charge in [-0.3, -0.25) is 14.9 Å². The number of rotatable bonds is 1. The van der Waals surface area contributed by atoms with E-state index in [-0.39, 0.29) is 24.1 Å². The molecule has 0 saturated carbocycles. The minimum Gasteiger partial charge on any atom is -0.397 e. The Morgan fingerprint density at radius 3 is 2.81 bits per heavy atom. The Balaban J connectivity index is 1.80. The maximum absolute atomic E-state index is 12.4. The van der Waals surface area contributed by atoms with Gasteiger partial charge in [0.05, 0.1) is 18.4 Å². The maximum atomic E-state index is 12.4. The van der Waals surface area contributed by atoms with E-state index >= 15 is 0 Å². The summed E-state index contributed by atoms with van der Waals surface area (Å²) in [6.45, 7) is 0.672. The zero-order valence-electron chi connectivity index (χ0n) is 11.3. The lowest BCUT2D eigenvalue weighted by atomic mass is 9.89. The molecule has 110 valence electrons. The molecule has 1 atom stereocenters. The van der Waals surface area contributed by atoms with Crippen LogP contribution < -0.4 is 16.4 Å². The van der Waals surface area contributed by atoms with Crippen LogP contribution >= 0.6 is 0 Å². The quantitative estimate of drug-likeness (QED) is 0.601. The highest BCUT2D eigenvalue weighted by Gasteiger charge is 2.49. The number of piperidine rings is 1. The third-order valence-corrected chi connectivity index (χ3v) is 3.80. The van der Waals surface area contributed by atoms with Crippen molar-refractivity contribution < 1.29 is 14.4 Å². The largest absolute Gasteiger partial charge is 0.397 e. The fraction of sp³-hybridized carbons (Fsp3) is 0.385. The summed E-state index contributed by atoms with van der Waals surface area (Å²) in [5.74, 6) is -0.654. The van der Waals surface area contributed by atoms with Crippen molar-refractivity contribution in [3.63, 3.8) is 0 Å². The lowest BCUT2D eigenvalue weighted by Crippen LogP contribution is -2.59. The van der Waals surface area contributed by atoms with E-state index in [2.05, 4.69) is 15.6 Å². The van der Waals surface area contributed by atoms with Crippen LogP contribution in [0.3, 0.4) is 0 Å². The Labute approximate surface area is 120 Å². The zero-order valence-corrected chi connectivity index (χ0v) is 11.3. The van der Waals surface area contributed by atoms with Crippen molar-refractivity contribution in [3.8, 4) is 0 Å². The van der Waals surface area contributed by atoms with Gasteiger partial charge in [0.15, 0.2) is 0 Å². The minimum absolute atomic E-state index is 0.148. The number of hydrogen-bond donors (Lipinski definition) is 3. The van der Waals surface area contributed by atoms with Crippen LogP contribution in [0.5, 0.6) is 0 Å². The molecule has 0 aliphatic carbocycles. The second kappa shape index (κ2) is 4.72. The number of nitrogens with zero attached hydrogens (tertiary/aromatic N) is 2. The maximum Gasteiger partial charge on any atom is 0.322 e. The number of likely N-dealkylation sites (tertiary alicyclic amines) is 1. The SMILES string of the molecule is Nc1ccc(C(=O)N2CCCC3(C2)NC(=O)NC3=O)nc1. The van der Waals surface area contributed by atoms with Gasteiger partial charge in [0.2, 0.25) is 0 Å². The van der Waals surface area contributed by atoms with Crippen LogP contribution in [-0.2, 0) is 4.79 Å². The predicted molar refractivity (Wildman–Crippen MR) is 73.2 cm³/mol. The van der Waals surface area contributed by atoms with Crippen molar-refractivity contribution in [3.05, 3.63) is 24.0 Å². The second-order valence-electron chi connectivity index (χ2n) is 5.30. The van der Waals surface area contributed by atoms with Crippen molar-refractivity contribution >= 4 is 23.5 Å². The number of urea groups is 1. The van der Waals surface area contributed by atoms with Crippen LogP contribution in [-0.4, -0.2) is 46.4 Å². The summed E-state index contributed by atoms with van der Waals surface area (Å²) in [5.41, 5.74) is 5.28. The van der Waals surface area contributed by atoms with Gasteiger partial charge >= 0.3 is 6.03 Å². The Kier molecular flexibility index (Phi) is 3.00. The van der Waals surface area contributed by atoms with E-state index in [9.17, 15) is 14.4 Å². The molecule has 2 aliphatic rings. The number of carbonyl (C=O) groups excluding carboxylic acids is 3. The fourth-order valence-corrected chi connectivity index (χ4v) is 2.74. The molecule has 21 heavy (non-hydrogen) atoms. The van der Waals surface area contributed by atoms with Gasteiger partial charge in [-0.1, -0.05) is 0 Å². The first-order valence-electron chi connectivity index (χ1n) is 6.65. The summed E-state index contributed by atoms with van der Waals surface area (Å²) in [6.07, 6.45) is 2.56. The lowest BCUT2D eigenvalue weighted by Gasteiger charge is -2.37. The first-order valence-corrected chi connectivity index (χ1v) is 6.65. The highest BCUT2D eigenvalue weighted by atomic mass is 16.2. The highest BCUT2D eigenvalue weighted by molar-refractivity contribution is 6.07. The molecule has 1 spiro atoms. The van der Waals surface area contributed by atoms with Crippen LogP contribution in [0.15, 0.2) is 18.3 Å². The lowest BCUT2D eigenvalue weighted by molar-refractivity contribution is -0.125. The summed E-state index contributed by atoms with van der Waals surface area (Å²) >= 11 is 0. The van der Waals surface area contributed by atoms with Crippen molar-refractivity contribution in [1.29, 1.82) is 0 Å². The van der Waals surface area contributed by atoms with Gasteiger partial charge in [0.25, 0.3) is 11.8 Å². The van der Waals surface area contributed by atoms with Gasteiger partial charge in [-0.2, -0.15) is 0 Å². The summed E-state index contributed by atoms with van der Waals surface area (Å²) in [6, 6.07) is 2.64. The van der Waals surface area contributed by atoms with E-state index in [4.69, 9.17) is 5.73 Å². The molecule has 2 fully saturated rings. The topological polar surface area (TPSA) is 117 Å². The fourth-order valence-electron chi connectivity index (χ4n) is 2.74. The molecule has 4 amide bonds. The van der Waals surface area contributed by atoms with E-state index in [1.165, 1.54) is 11.1 Å². The summed E-state index contributed by atoms with van der Waals surface area (Å²) < 4.78 is 0. The van der Waals surface area contributed by atoms with E-state index in [0.717, 1.165) is 0 Å². The van der Waals surface area contributed by atoms with Crippen molar-refractivity contribution in [2.75, 3.05) is 18.8 Å². The molecule has 4 N–H and O–H groups in total. The Hall–Kier alpha value is -2.64. The molecule has 0 bridgehead atoms. The average Bonchev–Trinajstić information content (AvgIpc) is 2.73. The summed E-state index contributed by atoms with van der Waals surface area (Å²) in [5, 5.41) is 4.86. The van der Waals surface area contributed by atoms with Crippen molar-refractivity contribution in [1.82, 2.24) is 20.5 Å². The number of nitrogens with one attached hydrogen (secondary N) is 2. The smallest absolute Gasteiger partial charge is 0.322 e. The second-order valence-corrected chi connectivity index (χ2v) is 5.30. The normalized spacial score (nSPS) is 24.9. The number of nitrogens with two attached hydrogens (primary N) is 1. The average molecular weight is 289 g/mol. The van der Waals surface area contributed by atoms with Gasteiger partial charge in [-0.05, 0) is 25.0 Å². The molecule has 2 aliphatic heterocycles. The monoisotopic (exact) mass is 289 g/mol. The summed E-state index contributed by atoms with van der Waals surface area (Å²) in [7, 11) is 0. The third-order valence-electron chi connectivity index (χ3n) is 3.80. The standard InChI is InChI=1S/C13H15N5O3/c14-8-2-3-9(15-6-8)10(19)18-5-1-4-13(7-18)11(20)16-12(21)17-13/h2-3,6H,1,4-5,7,14H2,(H2,16,17,20,21). The van der Waals surface area contributed by atoms with E-state index in [0.29, 0.717) is 25.1 Å². The van der Waals surface area contributed by atoms with Crippen LogP contribution in [0.4, 0.5) is 10.5 Å². The molecule has 1 unspecified atom stereocenters. The van der Waals surface area contributed by atoms with E-state index < -0.39 is 11.6 Å². The minimum atomic E-state index is -1.02. The molecule has 1 aromatic rings. The van der Waals surface area contributed by atoms with Gasteiger partial charge in [-0.15, -0.1) is 0 Å². The molecular weight excluding hydrogens is 274 g/mol. The molecule has 0 radical (unpaired) electrons. The van der Waals surface area contributed by atoms with Crippen molar-refractivity contribution in [2.45, 2.75) is 18.4 Å². The van der Waals surface area contributed by atoms with Gasteiger partial charge in [-0.25, -0.2) is 9.78 Å². The Morgan fingerprint density at radius 2 is 2.19 bits per heavy atom. The zero-order chi connectivity index (χ0) is 15.0. The van der Waals surface area contributed by atoms with Crippen LogP contribution in [0.25, 0.3) is 0 Å². The molecule has 3 heterocycles. The number of carbonyl (C=O) groups is 3. The third kappa shape index (κ3) is 2.28. The Morgan fingerprint density at radius 1 is 1.38 bits per heavy atom. The summed E-state index contributed by atoms with van der Waals surface area (Å²) in [4.78, 5) is 41.2. The van der Waals surface area contributed by atoms with E-state index in [1.807, 2.05) is 0 Å². The Bertz CT molecular complexity index is 615. The highest BCUT2D eigenvalue weighted by Crippen LogP contribution is 2.25. The number of aromatic nitrogens is 1. The molecule has 2 saturated heterocycles. The van der Waals surface area contributed by atoms with Crippen molar-refractivity contribution in [2.24, 2.45) is 0 Å². The number of imide groups is 1.